The molecule has 0 amide bonds. The van der Waals surface area contributed by atoms with E-state index in [-0.39, 0.29) is 0 Å². The Labute approximate surface area is 117 Å². The summed E-state index contributed by atoms with van der Waals surface area (Å²) >= 11 is 3.80. The van der Waals surface area contributed by atoms with Crippen LogP contribution < -0.4 is 10.4 Å². The van der Waals surface area contributed by atoms with Crippen LogP contribution in [-0.4, -0.2) is 16.1 Å². The van der Waals surface area contributed by atoms with E-state index < -0.39 is 16.1 Å². The fraction of sp³-hybridized carbons (Fsp3) is 0.571. The first-order valence-corrected chi connectivity index (χ1v) is 14.2. The van der Waals surface area contributed by atoms with Crippen molar-refractivity contribution in [2.24, 2.45) is 0 Å². The zero-order valence-electron chi connectivity index (χ0n) is 12.2. The van der Waals surface area contributed by atoms with Crippen molar-refractivity contribution in [3.05, 3.63) is 22.2 Å². The Morgan fingerprint density at radius 3 is 1.71 bits per heavy atom. The summed E-state index contributed by atoms with van der Waals surface area (Å²) in [7, 11) is -2.47. The predicted molar refractivity (Wildman–Crippen MR) is 89.5 cm³/mol. The molecular weight excluding hydrogens is 304 g/mol. The molecule has 0 spiro atoms. The Kier molecular flexibility index (Phi) is 4.49. The number of aryl methyl sites for hydroxylation is 1. The van der Waals surface area contributed by atoms with Gasteiger partial charge in [0.2, 0.25) is 0 Å². The average molecular weight is 329 g/mol. The van der Waals surface area contributed by atoms with Crippen LogP contribution in [0.15, 0.2) is 16.6 Å². The van der Waals surface area contributed by atoms with Gasteiger partial charge in [0.1, 0.15) is 0 Å². The highest BCUT2D eigenvalue weighted by molar-refractivity contribution is 9.10. The van der Waals surface area contributed by atoms with Crippen molar-refractivity contribution in [1.82, 2.24) is 0 Å². The second-order valence-corrected chi connectivity index (χ2v) is 17.8. The van der Waals surface area contributed by atoms with E-state index in [1.165, 1.54) is 4.47 Å². The predicted octanol–water partition coefficient (Wildman–Crippen LogP) is 4.10. The molecule has 0 heterocycles. The van der Waals surface area contributed by atoms with E-state index in [1.54, 1.807) is 15.9 Å². The van der Waals surface area contributed by atoms with Crippen LogP contribution >= 0.6 is 15.9 Å². The minimum absolute atomic E-state index is 1.16. The standard InChI is InChI=1S/C14H25BrSi2/c1-8-11-9-14(17(5,6)7)12(15)10-13(11)16(2,3)4/h9-10H,8H2,1-7H3. The third-order valence-electron chi connectivity index (χ3n) is 3.19. The van der Waals surface area contributed by atoms with Gasteiger partial charge >= 0.3 is 0 Å². The largest absolute Gasteiger partial charge is 0.0790 e. The molecule has 96 valence electrons. The van der Waals surface area contributed by atoms with Gasteiger partial charge in [0.25, 0.3) is 0 Å². The molecule has 0 fully saturated rings. The Bertz CT molecular complexity index is 411. The fourth-order valence-corrected chi connectivity index (χ4v) is 7.71. The molecule has 0 aliphatic carbocycles. The van der Waals surface area contributed by atoms with Crippen molar-refractivity contribution in [3.8, 4) is 0 Å². The normalized spacial score (nSPS) is 12.9. The topological polar surface area (TPSA) is 0 Å². The zero-order valence-corrected chi connectivity index (χ0v) is 15.8. The van der Waals surface area contributed by atoms with Gasteiger partial charge in [-0.2, -0.15) is 0 Å². The second kappa shape index (κ2) is 5.02. The SMILES string of the molecule is CCc1cc([Si](C)(C)C)c(Br)cc1[Si](C)(C)C. The van der Waals surface area contributed by atoms with E-state index in [2.05, 4.69) is 74.3 Å². The Hall–Kier alpha value is 0.134. The number of halogens is 1. The molecule has 17 heavy (non-hydrogen) atoms. The first kappa shape index (κ1) is 15.2. The zero-order chi connectivity index (χ0) is 13.4. The number of benzene rings is 1. The number of rotatable bonds is 3. The Morgan fingerprint density at radius 1 is 0.882 bits per heavy atom. The van der Waals surface area contributed by atoms with Crippen LogP contribution in [0.1, 0.15) is 12.5 Å². The third kappa shape index (κ3) is 3.55. The minimum atomic E-state index is -1.24. The molecule has 1 aromatic rings. The summed E-state index contributed by atoms with van der Waals surface area (Å²) in [5.74, 6) is 0. The van der Waals surface area contributed by atoms with E-state index >= 15 is 0 Å². The minimum Gasteiger partial charge on any atom is -0.0656 e. The maximum atomic E-state index is 3.80. The summed E-state index contributed by atoms with van der Waals surface area (Å²) in [5, 5.41) is 3.19. The van der Waals surface area contributed by atoms with Crippen molar-refractivity contribution >= 4 is 42.5 Å². The van der Waals surface area contributed by atoms with Crippen LogP contribution in [0.4, 0.5) is 0 Å². The molecule has 0 atom stereocenters. The molecule has 0 saturated carbocycles. The van der Waals surface area contributed by atoms with Crippen molar-refractivity contribution in [2.45, 2.75) is 52.6 Å². The van der Waals surface area contributed by atoms with Crippen LogP contribution in [0.2, 0.25) is 39.3 Å². The molecule has 0 bridgehead atoms. The highest BCUT2D eigenvalue weighted by atomic mass is 79.9. The van der Waals surface area contributed by atoms with Gasteiger partial charge in [-0.1, -0.05) is 73.4 Å². The monoisotopic (exact) mass is 328 g/mol. The molecule has 0 saturated heterocycles. The van der Waals surface area contributed by atoms with Crippen LogP contribution in [0, 0.1) is 0 Å². The van der Waals surface area contributed by atoms with Gasteiger partial charge in [-0.3, -0.25) is 0 Å². The molecular formula is C14H25BrSi2. The van der Waals surface area contributed by atoms with Crippen molar-refractivity contribution in [3.63, 3.8) is 0 Å². The molecule has 0 nitrogen and oxygen atoms in total. The van der Waals surface area contributed by atoms with Crippen LogP contribution in [0.5, 0.6) is 0 Å². The quantitative estimate of drug-likeness (QED) is 0.733. The van der Waals surface area contributed by atoms with Crippen molar-refractivity contribution in [2.75, 3.05) is 0 Å². The lowest BCUT2D eigenvalue weighted by Gasteiger charge is -2.26. The lowest BCUT2D eigenvalue weighted by atomic mass is 10.2. The molecule has 0 N–H and O–H groups in total. The van der Waals surface area contributed by atoms with Gasteiger partial charge in [-0.25, -0.2) is 0 Å². The van der Waals surface area contributed by atoms with E-state index in [0.29, 0.717) is 0 Å². The van der Waals surface area contributed by atoms with E-state index in [4.69, 9.17) is 0 Å². The summed E-state index contributed by atoms with van der Waals surface area (Å²) in [6.07, 6.45) is 1.16. The number of hydrogen-bond donors (Lipinski definition) is 0. The van der Waals surface area contributed by atoms with Crippen molar-refractivity contribution < 1.29 is 0 Å². The lowest BCUT2D eigenvalue weighted by molar-refractivity contribution is 1.15. The fourth-order valence-electron chi connectivity index (χ4n) is 2.18. The van der Waals surface area contributed by atoms with Crippen molar-refractivity contribution in [1.29, 1.82) is 0 Å². The summed E-state index contributed by atoms with van der Waals surface area (Å²) < 4.78 is 1.34. The van der Waals surface area contributed by atoms with E-state index in [9.17, 15) is 0 Å². The summed E-state index contributed by atoms with van der Waals surface area (Å²) in [5.41, 5.74) is 1.57. The molecule has 0 radical (unpaired) electrons. The summed E-state index contributed by atoms with van der Waals surface area (Å²) in [6, 6.07) is 4.89. The van der Waals surface area contributed by atoms with Gasteiger partial charge < -0.3 is 0 Å². The summed E-state index contributed by atoms with van der Waals surface area (Å²) in [6.45, 7) is 16.8. The maximum absolute atomic E-state index is 3.80. The molecule has 0 aliphatic rings. The van der Waals surface area contributed by atoms with E-state index in [1.807, 2.05) is 0 Å². The third-order valence-corrected chi connectivity index (χ3v) is 8.32. The van der Waals surface area contributed by atoms with Crippen LogP contribution in [0.25, 0.3) is 0 Å². The van der Waals surface area contributed by atoms with Gasteiger partial charge in [-0.15, -0.1) is 0 Å². The second-order valence-electron chi connectivity index (χ2n) is 6.84. The first-order valence-electron chi connectivity index (χ1n) is 6.40. The van der Waals surface area contributed by atoms with Gasteiger partial charge in [0.05, 0.1) is 16.1 Å². The molecule has 0 unspecified atom stereocenters. The van der Waals surface area contributed by atoms with Gasteiger partial charge in [-0.05, 0) is 23.2 Å². The molecule has 0 aromatic heterocycles. The first-order chi connectivity index (χ1) is 7.57. The molecule has 3 heteroatoms. The maximum Gasteiger partial charge on any atom is 0.0790 e. The highest BCUT2D eigenvalue weighted by Crippen LogP contribution is 2.17. The highest BCUT2D eigenvalue weighted by Gasteiger charge is 2.25. The lowest BCUT2D eigenvalue weighted by Crippen LogP contribution is -2.45. The molecule has 0 aliphatic heterocycles. The van der Waals surface area contributed by atoms with E-state index in [0.717, 1.165) is 6.42 Å². The Balaban J connectivity index is 3.46. The molecule has 1 rings (SSSR count). The smallest absolute Gasteiger partial charge is 0.0656 e. The van der Waals surface area contributed by atoms with Gasteiger partial charge in [0.15, 0.2) is 0 Å². The Morgan fingerprint density at radius 2 is 1.35 bits per heavy atom. The van der Waals surface area contributed by atoms with Crippen LogP contribution in [-0.2, 0) is 6.42 Å². The average Bonchev–Trinajstić information content (AvgIpc) is 2.14. The molecule has 1 aromatic carbocycles. The number of hydrogen-bond acceptors (Lipinski definition) is 0. The van der Waals surface area contributed by atoms with Crippen LogP contribution in [0.3, 0.4) is 0 Å². The van der Waals surface area contributed by atoms with Gasteiger partial charge in [0, 0.05) is 4.47 Å². The summed E-state index contributed by atoms with van der Waals surface area (Å²) in [4.78, 5) is 0.